The third kappa shape index (κ3) is 3.65. The zero-order chi connectivity index (χ0) is 15.8. The van der Waals surface area contributed by atoms with E-state index in [9.17, 15) is 21.6 Å². The number of fused-ring (bicyclic) bond motifs is 1. The topological polar surface area (TPSA) is 54.9 Å². The number of nitrogens with zero attached hydrogens (tertiary/aromatic N) is 1. The van der Waals surface area contributed by atoms with Crippen molar-refractivity contribution in [3.8, 4) is 0 Å². The van der Waals surface area contributed by atoms with Gasteiger partial charge in [0.25, 0.3) is 0 Å². The SMILES string of the molecule is CS(=O)(=O)c1cccc2c1[nH]c(=S)n2CCCC(F)(F)F. The molecule has 0 atom stereocenters. The third-order valence-electron chi connectivity index (χ3n) is 3.01. The van der Waals surface area contributed by atoms with Crippen molar-refractivity contribution in [2.24, 2.45) is 0 Å². The summed E-state index contributed by atoms with van der Waals surface area (Å²) in [5.41, 5.74) is 0.821. The first kappa shape index (κ1) is 16.0. The fourth-order valence-electron chi connectivity index (χ4n) is 2.12. The van der Waals surface area contributed by atoms with Crippen molar-refractivity contribution in [3.05, 3.63) is 23.0 Å². The highest BCUT2D eigenvalue weighted by molar-refractivity contribution is 7.91. The lowest BCUT2D eigenvalue weighted by Crippen LogP contribution is -2.09. The van der Waals surface area contributed by atoms with Gasteiger partial charge in [0.2, 0.25) is 0 Å². The van der Waals surface area contributed by atoms with Crippen LogP contribution in [-0.2, 0) is 16.4 Å². The number of hydrogen-bond donors (Lipinski definition) is 1. The first-order valence-corrected chi connectivity index (χ1v) is 8.38. The van der Waals surface area contributed by atoms with Gasteiger partial charge >= 0.3 is 6.18 Å². The Hall–Kier alpha value is -1.35. The maximum Gasteiger partial charge on any atom is 0.389 e. The summed E-state index contributed by atoms with van der Waals surface area (Å²) in [6, 6.07) is 4.61. The molecule has 0 aliphatic heterocycles. The first-order chi connectivity index (χ1) is 9.59. The van der Waals surface area contributed by atoms with Gasteiger partial charge in [-0.15, -0.1) is 0 Å². The molecule has 21 heavy (non-hydrogen) atoms. The Morgan fingerprint density at radius 1 is 1.33 bits per heavy atom. The molecule has 0 amide bonds. The molecule has 9 heteroatoms. The van der Waals surface area contributed by atoms with Crippen LogP contribution >= 0.6 is 12.2 Å². The third-order valence-corrected chi connectivity index (χ3v) is 4.48. The van der Waals surface area contributed by atoms with Gasteiger partial charge in [0.1, 0.15) is 0 Å². The van der Waals surface area contributed by atoms with Crippen LogP contribution in [0.15, 0.2) is 23.1 Å². The maximum atomic E-state index is 12.2. The van der Waals surface area contributed by atoms with Crippen molar-refractivity contribution >= 4 is 33.1 Å². The van der Waals surface area contributed by atoms with Gasteiger partial charge in [-0.1, -0.05) is 6.07 Å². The molecule has 4 nitrogen and oxygen atoms in total. The molecular weight excluding hydrogens is 325 g/mol. The molecule has 1 aromatic carbocycles. The molecule has 0 spiro atoms. The van der Waals surface area contributed by atoms with E-state index in [0.717, 1.165) is 6.26 Å². The predicted molar refractivity (Wildman–Crippen MR) is 75.5 cm³/mol. The average Bonchev–Trinajstić information content (AvgIpc) is 2.63. The Kier molecular flexibility index (Phi) is 4.16. The van der Waals surface area contributed by atoms with Crippen LogP contribution in [0.2, 0.25) is 0 Å². The standard InChI is InChI=1S/C12H13F3N2O2S2/c1-21(18,19)9-5-2-4-8-10(9)16-11(20)17(8)7-3-6-12(13,14)15/h2,4-5H,3,6-7H2,1H3,(H,16,20). The van der Waals surface area contributed by atoms with Crippen molar-refractivity contribution in [2.75, 3.05) is 6.26 Å². The predicted octanol–water partition coefficient (Wildman–Crippen LogP) is 3.44. The lowest BCUT2D eigenvalue weighted by molar-refractivity contribution is -0.135. The fraction of sp³-hybridized carbons (Fsp3) is 0.417. The number of aryl methyl sites for hydroxylation is 1. The largest absolute Gasteiger partial charge is 0.389 e. The first-order valence-electron chi connectivity index (χ1n) is 6.08. The number of H-pyrrole nitrogens is 1. The molecule has 0 saturated carbocycles. The molecule has 1 heterocycles. The van der Waals surface area contributed by atoms with E-state index in [1.165, 1.54) is 10.6 Å². The molecular formula is C12H13F3N2O2S2. The molecule has 0 aliphatic rings. The second-order valence-electron chi connectivity index (χ2n) is 4.72. The number of nitrogens with one attached hydrogen (secondary N) is 1. The van der Waals surface area contributed by atoms with Gasteiger partial charge in [0, 0.05) is 19.2 Å². The number of aromatic amines is 1. The van der Waals surface area contributed by atoms with E-state index in [1.54, 1.807) is 12.1 Å². The molecule has 2 aromatic rings. The number of hydrogen-bond acceptors (Lipinski definition) is 3. The Bertz CT molecular complexity index is 819. The molecule has 0 fully saturated rings. The number of halogens is 3. The van der Waals surface area contributed by atoms with Crippen molar-refractivity contribution in [1.29, 1.82) is 0 Å². The Morgan fingerprint density at radius 2 is 2.00 bits per heavy atom. The molecule has 0 saturated heterocycles. The summed E-state index contributed by atoms with van der Waals surface area (Å²) in [6.45, 7) is 0.0750. The van der Waals surface area contributed by atoms with E-state index >= 15 is 0 Å². The van der Waals surface area contributed by atoms with E-state index < -0.39 is 22.4 Å². The van der Waals surface area contributed by atoms with E-state index in [-0.39, 0.29) is 22.6 Å². The Morgan fingerprint density at radius 3 is 2.57 bits per heavy atom. The van der Waals surface area contributed by atoms with Gasteiger partial charge < -0.3 is 9.55 Å². The highest BCUT2D eigenvalue weighted by Gasteiger charge is 2.26. The summed E-state index contributed by atoms with van der Waals surface area (Å²) in [4.78, 5) is 2.85. The summed E-state index contributed by atoms with van der Waals surface area (Å²) >= 11 is 5.07. The lowest BCUT2D eigenvalue weighted by atomic mass is 10.3. The number of para-hydroxylation sites is 1. The summed E-state index contributed by atoms with van der Waals surface area (Å²) in [5, 5.41) is 0. The molecule has 1 aromatic heterocycles. The summed E-state index contributed by atoms with van der Waals surface area (Å²) in [6.07, 6.45) is -4.17. The van der Waals surface area contributed by atoms with Gasteiger partial charge in [0.15, 0.2) is 14.6 Å². The number of alkyl halides is 3. The zero-order valence-electron chi connectivity index (χ0n) is 11.1. The van der Waals surface area contributed by atoms with Crippen LogP contribution in [0.4, 0.5) is 13.2 Å². The van der Waals surface area contributed by atoms with E-state index in [0.29, 0.717) is 11.0 Å². The molecule has 0 bridgehead atoms. The molecule has 1 N–H and O–H groups in total. The Labute approximate surface area is 124 Å². The van der Waals surface area contributed by atoms with Gasteiger partial charge in [-0.05, 0) is 30.8 Å². The zero-order valence-corrected chi connectivity index (χ0v) is 12.7. The number of imidazole rings is 1. The molecule has 0 radical (unpaired) electrons. The van der Waals surface area contributed by atoms with Crippen LogP contribution in [0.1, 0.15) is 12.8 Å². The number of aromatic nitrogens is 2. The molecule has 0 unspecified atom stereocenters. The van der Waals surface area contributed by atoms with Crippen molar-refractivity contribution in [3.63, 3.8) is 0 Å². The second-order valence-corrected chi connectivity index (χ2v) is 7.09. The molecule has 116 valence electrons. The van der Waals surface area contributed by atoms with Gasteiger partial charge in [0.05, 0.1) is 15.9 Å². The van der Waals surface area contributed by atoms with E-state index in [2.05, 4.69) is 4.98 Å². The number of sulfone groups is 1. The van der Waals surface area contributed by atoms with Crippen LogP contribution < -0.4 is 0 Å². The van der Waals surface area contributed by atoms with Gasteiger partial charge in [-0.2, -0.15) is 13.2 Å². The average molecular weight is 338 g/mol. The molecule has 0 aliphatic carbocycles. The number of benzene rings is 1. The van der Waals surface area contributed by atoms with Crippen molar-refractivity contribution < 1.29 is 21.6 Å². The monoisotopic (exact) mass is 338 g/mol. The number of rotatable bonds is 4. The fourth-order valence-corrected chi connectivity index (χ4v) is 3.27. The quantitative estimate of drug-likeness (QED) is 0.869. The van der Waals surface area contributed by atoms with Crippen LogP contribution in [0.25, 0.3) is 11.0 Å². The van der Waals surface area contributed by atoms with Crippen LogP contribution in [0.5, 0.6) is 0 Å². The van der Waals surface area contributed by atoms with Gasteiger partial charge in [-0.25, -0.2) is 8.42 Å². The van der Waals surface area contributed by atoms with E-state index in [4.69, 9.17) is 12.2 Å². The minimum Gasteiger partial charge on any atom is -0.329 e. The summed E-state index contributed by atoms with van der Waals surface area (Å²) < 4.78 is 61.7. The van der Waals surface area contributed by atoms with Crippen molar-refractivity contribution in [2.45, 2.75) is 30.5 Å². The smallest absolute Gasteiger partial charge is 0.329 e. The lowest BCUT2D eigenvalue weighted by Gasteiger charge is -2.07. The van der Waals surface area contributed by atoms with Crippen LogP contribution in [0.3, 0.4) is 0 Å². The van der Waals surface area contributed by atoms with Crippen LogP contribution in [-0.4, -0.2) is 30.4 Å². The minimum absolute atomic E-state index is 0.0750. The highest BCUT2D eigenvalue weighted by Crippen LogP contribution is 2.25. The highest BCUT2D eigenvalue weighted by atomic mass is 32.2. The second kappa shape index (κ2) is 5.45. The maximum absolute atomic E-state index is 12.2. The van der Waals surface area contributed by atoms with Crippen molar-refractivity contribution in [1.82, 2.24) is 9.55 Å². The molecule has 2 rings (SSSR count). The van der Waals surface area contributed by atoms with Crippen LogP contribution in [0, 0.1) is 4.77 Å². The normalized spacial score (nSPS) is 13.0. The minimum atomic E-state index is -4.22. The van der Waals surface area contributed by atoms with E-state index in [1.807, 2.05) is 0 Å². The summed E-state index contributed by atoms with van der Waals surface area (Å²) in [5.74, 6) is 0. The Balaban J connectivity index is 2.43. The summed E-state index contributed by atoms with van der Waals surface area (Å²) in [7, 11) is -3.45. The van der Waals surface area contributed by atoms with Gasteiger partial charge in [-0.3, -0.25) is 0 Å².